The number of aryl methyl sites for hydroxylation is 2. The van der Waals surface area contributed by atoms with E-state index in [4.69, 9.17) is 0 Å². The van der Waals surface area contributed by atoms with Crippen LogP contribution in [0.5, 0.6) is 0 Å². The van der Waals surface area contributed by atoms with Crippen molar-refractivity contribution < 1.29 is 0 Å². The molecule has 0 radical (unpaired) electrons. The molecular formula is C12H19IN2. The van der Waals surface area contributed by atoms with Gasteiger partial charge in [0, 0.05) is 6.20 Å². The predicted molar refractivity (Wildman–Crippen MR) is 76.0 cm³/mol. The van der Waals surface area contributed by atoms with Gasteiger partial charge in [-0.2, -0.15) is 0 Å². The van der Waals surface area contributed by atoms with E-state index in [1.54, 1.807) is 0 Å². The SMILES string of the molecule is CC.CI.Cc1ccc2cnc(C)n2c1. The number of rotatable bonds is 0. The van der Waals surface area contributed by atoms with Crippen LogP contribution in [0.4, 0.5) is 0 Å². The molecule has 0 atom stereocenters. The molecule has 0 saturated heterocycles. The molecule has 0 aromatic carbocycles. The summed E-state index contributed by atoms with van der Waals surface area (Å²) in [7, 11) is 0. The second-order valence-corrected chi connectivity index (χ2v) is 2.81. The number of halogens is 1. The van der Waals surface area contributed by atoms with Crippen molar-refractivity contribution in [3.63, 3.8) is 0 Å². The summed E-state index contributed by atoms with van der Waals surface area (Å²) in [6, 6.07) is 4.17. The predicted octanol–water partition coefficient (Wildman–Crippen LogP) is 4.03. The molecule has 3 heteroatoms. The van der Waals surface area contributed by atoms with Gasteiger partial charge in [-0.25, -0.2) is 4.98 Å². The number of hydrogen-bond acceptors (Lipinski definition) is 1. The van der Waals surface area contributed by atoms with Crippen LogP contribution in [-0.2, 0) is 0 Å². The Hall–Kier alpha value is -0.580. The minimum atomic E-state index is 1.05. The lowest BCUT2D eigenvalue weighted by Crippen LogP contribution is -1.87. The first-order chi connectivity index (χ1) is 7.27. The third kappa shape index (κ3) is 3.81. The van der Waals surface area contributed by atoms with Crippen LogP contribution < -0.4 is 0 Å². The molecule has 0 bridgehead atoms. The maximum absolute atomic E-state index is 4.20. The number of imidazole rings is 1. The van der Waals surface area contributed by atoms with Crippen LogP contribution in [0.3, 0.4) is 0 Å². The van der Waals surface area contributed by atoms with Crippen molar-refractivity contribution >= 4 is 28.1 Å². The fourth-order valence-electron chi connectivity index (χ4n) is 1.23. The lowest BCUT2D eigenvalue weighted by atomic mass is 10.3. The molecule has 2 aromatic heterocycles. The number of nitrogens with zero attached hydrogens (tertiary/aromatic N) is 2. The molecule has 15 heavy (non-hydrogen) atoms. The van der Waals surface area contributed by atoms with E-state index in [0.29, 0.717) is 0 Å². The van der Waals surface area contributed by atoms with Crippen molar-refractivity contribution in [2.24, 2.45) is 0 Å². The fourth-order valence-corrected chi connectivity index (χ4v) is 1.23. The maximum atomic E-state index is 4.20. The van der Waals surface area contributed by atoms with Gasteiger partial charge in [0.05, 0.1) is 11.7 Å². The first-order valence-electron chi connectivity index (χ1n) is 5.05. The van der Waals surface area contributed by atoms with Gasteiger partial charge in [0.25, 0.3) is 0 Å². The zero-order valence-corrected chi connectivity index (χ0v) is 12.2. The van der Waals surface area contributed by atoms with Gasteiger partial charge in [-0.05, 0) is 30.4 Å². The van der Waals surface area contributed by atoms with E-state index in [-0.39, 0.29) is 0 Å². The summed E-state index contributed by atoms with van der Waals surface area (Å²) < 4.78 is 2.09. The molecule has 0 unspecified atom stereocenters. The Labute approximate surface area is 106 Å². The number of aromatic nitrogens is 2. The lowest BCUT2D eigenvalue weighted by Gasteiger charge is -1.96. The molecule has 0 aliphatic heterocycles. The smallest absolute Gasteiger partial charge is 0.110 e. The molecule has 0 spiro atoms. The van der Waals surface area contributed by atoms with Gasteiger partial charge >= 0.3 is 0 Å². The third-order valence-electron chi connectivity index (χ3n) is 1.86. The second kappa shape index (κ2) is 7.68. The number of fused-ring (bicyclic) bond motifs is 1. The van der Waals surface area contributed by atoms with Crippen LogP contribution in [0.15, 0.2) is 24.5 Å². The van der Waals surface area contributed by atoms with Crippen LogP contribution in [-0.4, -0.2) is 14.3 Å². The van der Waals surface area contributed by atoms with Crippen molar-refractivity contribution in [3.8, 4) is 0 Å². The molecule has 0 aliphatic rings. The van der Waals surface area contributed by atoms with Gasteiger partial charge < -0.3 is 4.40 Å². The van der Waals surface area contributed by atoms with Crippen molar-refractivity contribution in [1.82, 2.24) is 9.38 Å². The number of alkyl halides is 1. The maximum Gasteiger partial charge on any atom is 0.110 e. The summed E-state index contributed by atoms with van der Waals surface area (Å²) in [5.74, 6) is 1.05. The summed E-state index contributed by atoms with van der Waals surface area (Å²) in [5, 5.41) is 0. The van der Waals surface area contributed by atoms with Crippen molar-refractivity contribution in [2.75, 3.05) is 4.93 Å². The Morgan fingerprint density at radius 2 is 1.73 bits per heavy atom. The number of pyridine rings is 1. The topological polar surface area (TPSA) is 17.3 Å². The standard InChI is InChI=1S/C9H10N2.C2H6.CH3I/c1-7-3-4-9-5-10-8(2)11(9)6-7;2*1-2/h3-6H,1-2H3;1-2H3;1H3. The molecule has 2 heterocycles. The molecule has 0 fully saturated rings. The Morgan fingerprint density at radius 3 is 2.33 bits per heavy atom. The largest absolute Gasteiger partial charge is 0.304 e. The molecule has 0 N–H and O–H groups in total. The quantitative estimate of drug-likeness (QED) is 0.529. The van der Waals surface area contributed by atoms with Gasteiger partial charge in [0.15, 0.2) is 0 Å². The van der Waals surface area contributed by atoms with E-state index in [2.05, 4.69) is 57.2 Å². The second-order valence-electron chi connectivity index (χ2n) is 2.81. The molecule has 84 valence electrons. The molecule has 0 aliphatic carbocycles. The zero-order chi connectivity index (χ0) is 11.8. The highest BCUT2D eigenvalue weighted by molar-refractivity contribution is 14.1. The van der Waals surface area contributed by atoms with Gasteiger partial charge in [-0.1, -0.05) is 42.5 Å². The highest BCUT2D eigenvalue weighted by atomic mass is 127. The summed E-state index contributed by atoms with van der Waals surface area (Å²) in [6.45, 7) is 8.09. The Bertz CT molecular complexity index is 393. The van der Waals surface area contributed by atoms with E-state index in [1.807, 2.05) is 31.9 Å². The normalized spacial score (nSPS) is 8.67. The first-order valence-corrected chi connectivity index (χ1v) is 7.21. The molecule has 0 amide bonds. The summed E-state index contributed by atoms with van der Waals surface area (Å²) >= 11 is 2.15. The van der Waals surface area contributed by atoms with E-state index in [1.165, 1.54) is 5.56 Å². The average Bonchev–Trinajstić information content (AvgIpc) is 2.66. The summed E-state index contributed by atoms with van der Waals surface area (Å²) in [4.78, 5) is 6.17. The van der Waals surface area contributed by atoms with Gasteiger partial charge in [-0.15, -0.1) is 0 Å². The molecular weight excluding hydrogens is 299 g/mol. The van der Waals surface area contributed by atoms with Gasteiger partial charge in [0.1, 0.15) is 5.82 Å². The van der Waals surface area contributed by atoms with E-state index in [0.717, 1.165) is 11.3 Å². The van der Waals surface area contributed by atoms with Crippen molar-refractivity contribution in [2.45, 2.75) is 27.7 Å². The van der Waals surface area contributed by atoms with Gasteiger partial charge in [0.2, 0.25) is 0 Å². The van der Waals surface area contributed by atoms with Crippen LogP contribution in [0, 0.1) is 13.8 Å². The van der Waals surface area contributed by atoms with E-state index >= 15 is 0 Å². The van der Waals surface area contributed by atoms with E-state index < -0.39 is 0 Å². The van der Waals surface area contributed by atoms with Crippen molar-refractivity contribution in [3.05, 3.63) is 35.9 Å². The minimum Gasteiger partial charge on any atom is -0.304 e. The summed E-state index contributed by atoms with van der Waals surface area (Å²) in [6.07, 6.45) is 3.98. The Balaban J connectivity index is 0.000000442. The van der Waals surface area contributed by atoms with E-state index in [9.17, 15) is 0 Å². The van der Waals surface area contributed by atoms with Crippen LogP contribution in [0.2, 0.25) is 0 Å². The van der Waals surface area contributed by atoms with Crippen LogP contribution in [0.25, 0.3) is 5.52 Å². The average molecular weight is 318 g/mol. The first kappa shape index (κ1) is 14.4. The highest BCUT2D eigenvalue weighted by Gasteiger charge is 1.96. The van der Waals surface area contributed by atoms with Crippen molar-refractivity contribution in [1.29, 1.82) is 0 Å². The molecule has 2 nitrogen and oxygen atoms in total. The van der Waals surface area contributed by atoms with Gasteiger partial charge in [-0.3, -0.25) is 0 Å². The number of hydrogen-bond donors (Lipinski definition) is 0. The molecule has 2 rings (SSSR count). The molecule has 0 saturated carbocycles. The third-order valence-corrected chi connectivity index (χ3v) is 1.86. The Morgan fingerprint density at radius 1 is 1.13 bits per heavy atom. The van der Waals surface area contributed by atoms with Crippen LogP contribution >= 0.6 is 22.6 Å². The molecule has 2 aromatic rings. The lowest BCUT2D eigenvalue weighted by molar-refractivity contribution is 1.03. The minimum absolute atomic E-state index is 1.05. The highest BCUT2D eigenvalue weighted by Crippen LogP contribution is 2.07. The monoisotopic (exact) mass is 318 g/mol. The van der Waals surface area contributed by atoms with Crippen LogP contribution in [0.1, 0.15) is 25.2 Å². The Kier molecular flexibility index (Phi) is 7.38. The summed E-state index contributed by atoms with van der Waals surface area (Å²) in [5.41, 5.74) is 2.42. The fraction of sp³-hybridized carbons (Fsp3) is 0.417. The zero-order valence-electron chi connectivity index (χ0n) is 10.1.